The van der Waals surface area contributed by atoms with Crippen molar-refractivity contribution in [2.75, 3.05) is 13.1 Å². The Morgan fingerprint density at radius 1 is 0.975 bits per heavy atom. The summed E-state index contributed by atoms with van der Waals surface area (Å²) in [5.41, 5.74) is 5.14. The number of amides is 2. The molecule has 3 heterocycles. The maximum Gasteiger partial charge on any atom is 0.246 e. The second-order valence-corrected chi connectivity index (χ2v) is 11.7. The van der Waals surface area contributed by atoms with Gasteiger partial charge in [-0.1, -0.05) is 56.3 Å². The number of nitrogens with one attached hydrogen (secondary N) is 1. The first-order valence-electron chi connectivity index (χ1n) is 14.4. The Kier molecular flexibility index (Phi) is 8.10. The zero-order chi connectivity index (χ0) is 28.4. The van der Waals surface area contributed by atoms with Crippen LogP contribution in [0.2, 0.25) is 0 Å². The molecule has 8 heteroatoms. The summed E-state index contributed by atoms with van der Waals surface area (Å²) in [6.07, 6.45) is 1.73. The van der Waals surface area contributed by atoms with E-state index in [9.17, 15) is 14.7 Å². The third-order valence-electron chi connectivity index (χ3n) is 8.64. The van der Waals surface area contributed by atoms with Crippen LogP contribution in [0.1, 0.15) is 61.2 Å². The van der Waals surface area contributed by atoms with E-state index in [1.807, 2.05) is 52.0 Å². The van der Waals surface area contributed by atoms with Gasteiger partial charge in [-0.05, 0) is 62.3 Å². The van der Waals surface area contributed by atoms with Gasteiger partial charge < -0.3 is 15.3 Å². The number of nitrogens with zero attached hydrogens (tertiary/aromatic N) is 4. The van der Waals surface area contributed by atoms with Gasteiger partial charge in [0.15, 0.2) is 0 Å². The topological polar surface area (TPSA) is 90.7 Å². The third kappa shape index (κ3) is 5.30. The lowest BCUT2D eigenvalue weighted by atomic mass is 9.80. The van der Waals surface area contributed by atoms with Gasteiger partial charge >= 0.3 is 0 Å². The van der Waals surface area contributed by atoms with Crippen molar-refractivity contribution in [3.63, 3.8) is 0 Å². The molecular formula is C32H41N5O3. The number of benzene rings is 2. The highest BCUT2D eigenvalue weighted by Crippen LogP contribution is 2.36. The van der Waals surface area contributed by atoms with Crippen LogP contribution in [-0.2, 0) is 29.3 Å². The lowest BCUT2D eigenvalue weighted by molar-refractivity contribution is -0.162. The molecule has 1 spiro atoms. The standard InChI is InChI=1S/C32H41N5O3/c1-22(2)18-29-30(39)36(19-25-10-8-9-11-26(25)21-38)32(31(40)33-29)14-16-35(17-15-32)20-28-23(3)34-37(24(28)4)27-12-6-5-7-13-27/h5-13,22,29,38H,14-21H2,1-4H3,(H,33,40). The molecule has 8 nitrogen and oxygen atoms in total. The molecule has 2 aliphatic rings. The fourth-order valence-corrected chi connectivity index (χ4v) is 6.30. The predicted molar refractivity (Wildman–Crippen MR) is 155 cm³/mol. The van der Waals surface area contributed by atoms with Crippen LogP contribution in [-0.4, -0.2) is 61.2 Å². The van der Waals surface area contributed by atoms with Crippen molar-refractivity contribution in [1.29, 1.82) is 0 Å². The molecule has 0 saturated carbocycles. The van der Waals surface area contributed by atoms with E-state index in [1.165, 1.54) is 5.56 Å². The van der Waals surface area contributed by atoms with Crippen molar-refractivity contribution in [1.82, 2.24) is 24.9 Å². The molecule has 212 valence electrons. The first-order valence-corrected chi connectivity index (χ1v) is 14.4. The van der Waals surface area contributed by atoms with E-state index in [4.69, 9.17) is 5.10 Å². The summed E-state index contributed by atoms with van der Waals surface area (Å²) in [5.74, 6) is 0.202. The van der Waals surface area contributed by atoms with Crippen LogP contribution < -0.4 is 5.32 Å². The maximum absolute atomic E-state index is 13.9. The van der Waals surface area contributed by atoms with Gasteiger partial charge in [0.25, 0.3) is 0 Å². The molecule has 1 atom stereocenters. The van der Waals surface area contributed by atoms with Gasteiger partial charge in [-0.15, -0.1) is 0 Å². The van der Waals surface area contributed by atoms with Gasteiger partial charge in [-0.25, -0.2) is 4.68 Å². The van der Waals surface area contributed by atoms with E-state index >= 15 is 0 Å². The van der Waals surface area contributed by atoms with Crippen molar-refractivity contribution in [3.8, 4) is 5.69 Å². The maximum atomic E-state index is 13.9. The molecule has 1 aromatic heterocycles. The van der Waals surface area contributed by atoms with Crippen molar-refractivity contribution in [2.24, 2.45) is 5.92 Å². The first-order chi connectivity index (χ1) is 19.2. The largest absolute Gasteiger partial charge is 0.392 e. The lowest BCUT2D eigenvalue weighted by Crippen LogP contribution is -2.72. The summed E-state index contributed by atoms with van der Waals surface area (Å²) < 4.78 is 2.00. The Bertz CT molecular complexity index is 1360. The number of likely N-dealkylation sites (tertiary alicyclic amines) is 1. The summed E-state index contributed by atoms with van der Waals surface area (Å²) in [7, 11) is 0. The molecule has 2 aliphatic heterocycles. The van der Waals surface area contributed by atoms with Crippen LogP contribution in [0.4, 0.5) is 0 Å². The van der Waals surface area contributed by atoms with Crippen LogP contribution in [0, 0.1) is 19.8 Å². The molecule has 2 saturated heterocycles. The number of hydrogen-bond donors (Lipinski definition) is 2. The number of carbonyl (C=O) groups is 2. The molecule has 3 aromatic rings. The second kappa shape index (κ2) is 11.6. The quantitative estimate of drug-likeness (QED) is 0.450. The summed E-state index contributed by atoms with van der Waals surface area (Å²) in [5, 5.41) is 17.8. The van der Waals surface area contributed by atoms with Gasteiger partial charge in [0, 0.05) is 37.4 Å². The van der Waals surface area contributed by atoms with Crippen molar-refractivity contribution < 1.29 is 14.7 Å². The van der Waals surface area contributed by atoms with E-state index in [-0.39, 0.29) is 24.3 Å². The molecule has 2 aromatic carbocycles. The van der Waals surface area contributed by atoms with Crippen LogP contribution in [0.15, 0.2) is 54.6 Å². The number of aromatic nitrogens is 2. The van der Waals surface area contributed by atoms with Crippen LogP contribution in [0.5, 0.6) is 0 Å². The fourth-order valence-electron chi connectivity index (χ4n) is 6.30. The van der Waals surface area contributed by atoms with Crippen LogP contribution in [0.25, 0.3) is 5.69 Å². The minimum Gasteiger partial charge on any atom is -0.392 e. The smallest absolute Gasteiger partial charge is 0.246 e. The zero-order valence-electron chi connectivity index (χ0n) is 24.1. The summed E-state index contributed by atoms with van der Waals surface area (Å²) in [6, 6.07) is 17.3. The molecule has 0 radical (unpaired) electrons. The Morgan fingerprint density at radius 3 is 2.27 bits per heavy atom. The Morgan fingerprint density at radius 2 is 1.62 bits per heavy atom. The van der Waals surface area contributed by atoms with Gasteiger partial charge in [-0.3, -0.25) is 14.5 Å². The minimum atomic E-state index is -0.901. The molecule has 2 fully saturated rings. The predicted octanol–water partition coefficient (Wildman–Crippen LogP) is 3.89. The van der Waals surface area contributed by atoms with Crippen LogP contribution >= 0.6 is 0 Å². The zero-order valence-corrected chi connectivity index (χ0v) is 24.1. The van der Waals surface area contributed by atoms with Gasteiger partial charge in [-0.2, -0.15) is 5.10 Å². The monoisotopic (exact) mass is 543 g/mol. The van der Waals surface area contributed by atoms with Gasteiger partial charge in [0.1, 0.15) is 11.6 Å². The summed E-state index contributed by atoms with van der Waals surface area (Å²) in [6.45, 7) is 10.7. The number of para-hydroxylation sites is 1. The number of carbonyl (C=O) groups excluding carboxylic acids is 2. The molecule has 5 rings (SSSR count). The number of piperazine rings is 1. The number of hydrogen-bond acceptors (Lipinski definition) is 5. The molecular weight excluding hydrogens is 502 g/mol. The normalized spacial score (nSPS) is 19.4. The molecule has 40 heavy (non-hydrogen) atoms. The molecule has 0 aliphatic carbocycles. The van der Waals surface area contributed by atoms with E-state index in [2.05, 4.69) is 50.0 Å². The SMILES string of the molecule is Cc1nn(-c2ccccc2)c(C)c1CN1CCC2(CC1)C(=O)NC(CC(C)C)C(=O)N2Cc1ccccc1CO. The van der Waals surface area contributed by atoms with Crippen molar-refractivity contribution in [3.05, 3.63) is 82.7 Å². The lowest BCUT2D eigenvalue weighted by Gasteiger charge is -2.52. The van der Waals surface area contributed by atoms with E-state index in [1.54, 1.807) is 0 Å². The molecule has 2 amide bonds. The van der Waals surface area contributed by atoms with Gasteiger partial charge in [0.2, 0.25) is 11.8 Å². The molecule has 2 N–H and O–H groups in total. The number of rotatable bonds is 8. The van der Waals surface area contributed by atoms with E-state index < -0.39 is 11.6 Å². The van der Waals surface area contributed by atoms with Crippen molar-refractivity contribution >= 4 is 11.8 Å². The fraction of sp³-hybridized carbons (Fsp3) is 0.469. The number of aryl methyl sites for hydroxylation is 1. The Balaban J connectivity index is 1.38. The highest BCUT2D eigenvalue weighted by atomic mass is 16.3. The number of aliphatic hydroxyl groups excluding tert-OH is 1. The Labute approximate surface area is 237 Å². The second-order valence-electron chi connectivity index (χ2n) is 11.7. The minimum absolute atomic E-state index is 0.0229. The van der Waals surface area contributed by atoms with E-state index in [0.29, 0.717) is 38.9 Å². The summed E-state index contributed by atoms with van der Waals surface area (Å²) >= 11 is 0. The highest BCUT2D eigenvalue weighted by Gasteiger charge is 2.53. The average molecular weight is 544 g/mol. The van der Waals surface area contributed by atoms with E-state index in [0.717, 1.165) is 34.7 Å². The Hall–Kier alpha value is -3.49. The van der Waals surface area contributed by atoms with Crippen LogP contribution in [0.3, 0.4) is 0 Å². The molecule has 0 bridgehead atoms. The summed E-state index contributed by atoms with van der Waals surface area (Å²) in [4.78, 5) is 31.9. The van der Waals surface area contributed by atoms with Crippen molar-refractivity contribution in [2.45, 2.75) is 78.2 Å². The first kappa shape index (κ1) is 28.1. The average Bonchev–Trinajstić information content (AvgIpc) is 3.24. The highest BCUT2D eigenvalue weighted by molar-refractivity contribution is 6.00. The molecule has 1 unspecified atom stereocenters. The number of piperidine rings is 1. The third-order valence-corrected chi connectivity index (χ3v) is 8.64. The van der Waals surface area contributed by atoms with Gasteiger partial charge in [0.05, 0.1) is 18.0 Å². The number of aliphatic hydroxyl groups is 1.